The highest BCUT2D eigenvalue weighted by Crippen LogP contribution is 2.34. The van der Waals surface area contributed by atoms with Gasteiger partial charge >= 0.3 is 0 Å². The number of methoxy groups -OCH3 is 2. The van der Waals surface area contributed by atoms with Gasteiger partial charge in [0.05, 0.1) is 38.5 Å². The van der Waals surface area contributed by atoms with Crippen molar-refractivity contribution in [2.45, 2.75) is 25.4 Å². The first kappa shape index (κ1) is 14.7. The molecule has 0 aliphatic carbocycles. The van der Waals surface area contributed by atoms with E-state index in [4.69, 9.17) is 9.47 Å². The lowest BCUT2D eigenvalue weighted by atomic mass is 9.88. The van der Waals surface area contributed by atoms with Gasteiger partial charge in [0.2, 0.25) is 0 Å². The molecule has 1 aromatic carbocycles. The van der Waals surface area contributed by atoms with Crippen molar-refractivity contribution in [3.63, 3.8) is 0 Å². The second kappa shape index (κ2) is 5.71. The van der Waals surface area contributed by atoms with Crippen molar-refractivity contribution < 1.29 is 19.4 Å². The highest BCUT2D eigenvalue weighted by molar-refractivity contribution is 5.98. The maximum atomic E-state index is 12.4. The lowest BCUT2D eigenvalue weighted by Crippen LogP contribution is -2.63. The molecule has 1 amide bonds. The minimum Gasteiger partial charge on any atom is -0.493 e. The molecule has 1 aromatic rings. The zero-order valence-electron chi connectivity index (χ0n) is 12.2. The molecule has 0 radical (unpaired) electrons. The van der Waals surface area contributed by atoms with E-state index in [1.165, 1.54) is 14.2 Å². The van der Waals surface area contributed by atoms with Gasteiger partial charge in [-0.1, -0.05) is 19.4 Å². The molecule has 1 heterocycles. The Labute approximate surface area is 119 Å². The third-order valence-electron chi connectivity index (χ3n) is 3.61. The first-order valence-electron chi connectivity index (χ1n) is 6.77. The van der Waals surface area contributed by atoms with E-state index in [9.17, 15) is 9.90 Å². The van der Waals surface area contributed by atoms with Crippen LogP contribution in [0, 0.1) is 0 Å². The van der Waals surface area contributed by atoms with Crippen LogP contribution in [-0.4, -0.2) is 48.8 Å². The highest BCUT2D eigenvalue weighted by Gasteiger charge is 2.43. The van der Waals surface area contributed by atoms with Crippen LogP contribution in [0.15, 0.2) is 18.2 Å². The first-order chi connectivity index (χ1) is 9.54. The normalized spacial score (nSPS) is 16.5. The highest BCUT2D eigenvalue weighted by atomic mass is 16.5. The molecule has 1 N–H and O–H groups in total. The molecule has 20 heavy (non-hydrogen) atoms. The molecule has 0 bridgehead atoms. The minimum absolute atomic E-state index is 0.137. The van der Waals surface area contributed by atoms with Crippen LogP contribution in [0.1, 0.15) is 30.1 Å². The summed E-state index contributed by atoms with van der Waals surface area (Å²) in [5.41, 5.74) is -0.262. The molecule has 0 aromatic heterocycles. The number of carbonyl (C=O) groups is 1. The molecule has 5 heteroatoms. The van der Waals surface area contributed by atoms with Gasteiger partial charge in [-0.2, -0.15) is 0 Å². The van der Waals surface area contributed by atoms with Crippen molar-refractivity contribution in [3.05, 3.63) is 23.8 Å². The molecule has 0 saturated carbocycles. The van der Waals surface area contributed by atoms with Gasteiger partial charge in [-0.05, 0) is 18.6 Å². The van der Waals surface area contributed by atoms with Crippen molar-refractivity contribution >= 4 is 5.91 Å². The molecule has 1 saturated heterocycles. The molecular weight excluding hydrogens is 258 g/mol. The number of carbonyl (C=O) groups excluding carboxylic acids is 1. The third-order valence-corrected chi connectivity index (χ3v) is 3.61. The third kappa shape index (κ3) is 2.58. The first-order valence-corrected chi connectivity index (χ1v) is 6.77. The predicted molar refractivity (Wildman–Crippen MR) is 75.3 cm³/mol. The number of ether oxygens (including phenoxy) is 2. The van der Waals surface area contributed by atoms with Gasteiger partial charge < -0.3 is 19.5 Å². The Morgan fingerprint density at radius 3 is 2.60 bits per heavy atom. The summed E-state index contributed by atoms with van der Waals surface area (Å²) in [4.78, 5) is 14.1. The van der Waals surface area contributed by atoms with Crippen LogP contribution < -0.4 is 9.47 Å². The molecule has 110 valence electrons. The molecule has 1 fully saturated rings. The number of likely N-dealkylation sites (tertiary alicyclic amines) is 1. The van der Waals surface area contributed by atoms with Gasteiger partial charge in [0.1, 0.15) is 0 Å². The summed E-state index contributed by atoms with van der Waals surface area (Å²) < 4.78 is 10.5. The number of benzene rings is 1. The van der Waals surface area contributed by atoms with E-state index in [2.05, 4.69) is 0 Å². The topological polar surface area (TPSA) is 59.0 Å². The predicted octanol–water partition coefficient (Wildman–Crippen LogP) is 1.69. The molecular formula is C15H21NO4. The molecule has 1 aliphatic rings. The average Bonchev–Trinajstić information content (AvgIpc) is 2.43. The Morgan fingerprint density at radius 1 is 1.35 bits per heavy atom. The summed E-state index contributed by atoms with van der Waals surface area (Å²) >= 11 is 0. The Balaban J connectivity index is 2.15. The van der Waals surface area contributed by atoms with E-state index in [0.717, 1.165) is 6.42 Å². The van der Waals surface area contributed by atoms with Crippen molar-refractivity contribution in [2.75, 3.05) is 27.3 Å². The van der Waals surface area contributed by atoms with Gasteiger partial charge in [0.25, 0.3) is 5.91 Å². The fourth-order valence-corrected chi connectivity index (χ4v) is 2.66. The fraction of sp³-hybridized carbons (Fsp3) is 0.533. The molecule has 0 unspecified atom stereocenters. The number of aliphatic hydroxyl groups is 1. The van der Waals surface area contributed by atoms with Gasteiger partial charge in [0.15, 0.2) is 11.5 Å². The number of rotatable bonds is 5. The number of amides is 1. The van der Waals surface area contributed by atoms with E-state index in [1.807, 2.05) is 6.92 Å². The summed E-state index contributed by atoms with van der Waals surface area (Å²) in [5.74, 6) is 0.829. The molecule has 5 nitrogen and oxygen atoms in total. The second-order valence-electron chi connectivity index (χ2n) is 5.18. The summed E-state index contributed by atoms with van der Waals surface area (Å²) in [5, 5.41) is 10.2. The largest absolute Gasteiger partial charge is 0.493 e. The van der Waals surface area contributed by atoms with Gasteiger partial charge in [0, 0.05) is 0 Å². The van der Waals surface area contributed by atoms with E-state index in [0.29, 0.717) is 36.6 Å². The van der Waals surface area contributed by atoms with Crippen LogP contribution in [-0.2, 0) is 0 Å². The smallest absolute Gasteiger partial charge is 0.257 e. The van der Waals surface area contributed by atoms with Crippen molar-refractivity contribution in [2.24, 2.45) is 0 Å². The standard InChI is InChI=1S/C15H21NO4/c1-4-8-15(18)9-16(10-15)14(17)11-6-5-7-12(19-2)13(11)20-3/h5-7,18H,4,8-10H2,1-3H3. The van der Waals surface area contributed by atoms with Crippen LogP contribution in [0.4, 0.5) is 0 Å². The van der Waals surface area contributed by atoms with Crippen molar-refractivity contribution in [3.8, 4) is 11.5 Å². The van der Waals surface area contributed by atoms with Crippen LogP contribution in [0.5, 0.6) is 11.5 Å². The van der Waals surface area contributed by atoms with Gasteiger partial charge in [-0.3, -0.25) is 4.79 Å². The Morgan fingerprint density at radius 2 is 2.05 bits per heavy atom. The average molecular weight is 279 g/mol. The lowest BCUT2D eigenvalue weighted by molar-refractivity contribution is -0.0860. The van der Waals surface area contributed by atoms with Crippen LogP contribution in [0.2, 0.25) is 0 Å². The second-order valence-corrected chi connectivity index (χ2v) is 5.18. The van der Waals surface area contributed by atoms with Gasteiger partial charge in [-0.25, -0.2) is 0 Å². The number of hydrogen-bond donors (Lipinski definition) is 1. The number of β-amino-alcohol motifs (C(OH)–C–C–N with tert-alkyl or cyclic N) is 1. The minimum atomic E-state index is -0.726. The Kier molecular flexibility index (Phi) is 4.18. The number of para-hydroxylation sites is 1. The molecule has 0 spiro atoms. The Hall–Kier alpha value is -1.75. The SMILES string of the molecule is CCCC1(O)CN(C(=O)c2cccc(OC)c2OC)C1. The van der Waals surface area contributed by atoms with E-state index in [-0.39, 0.29) is 5.91 Å². The number of nitrogens with zero attached hydrogens (tertiary/aromatic N) is 1. The van der Waals surface area contributed by atoms with Gasteiger partial charge in [-0.15, -0.1) is 0 Å². The summed E-state index contributed by atoms with van der Waals surface area (Å²) in [7, 11) is 3.05. The van der Waals surface area contributed by atoms with Crippen LogP contribution >= 0.6 is 0 Å². The maximum Gasteiger partial charge on any atom is 0.257 e. The molecule has 0 atom stereocenters. The van der Waals surface area contributed by atoms with E-state index < -0.39 is 5.60 Å². The summed E-state index contributed by atoms with van der Waals surface area (Å²) in [6.07, 6.45) is 1.62. The fourth-order valence-electron chi connectivity index (χ4n) is 2.66. The van der Waals surface area contributed by atoms with Crippen molar-refractivity contribution in [1.82, 2.24) is 4.90 Å². The lowest BCUT2D eigenvalue weighted by Gasteiger charge is -2.46. The van der Waals surface area contributed by atoms with E-state index >= 15 is 0 Å². The van der Waals surface area contributed by atoms with Crippen molar-refractivity contribution in [1.29, 1.82) is 0 Å². The van der Waals surface area contributed by atoms with Crippen LogP contribution in [0.3, 0.4) is 0 Å². The Bertz CT molecular complexity index is 495. The zero-order chi connectivity index (χ0) is 14.8. The number of hydrogen-bond acceptors (Lipinski definition) is 4. The molecule has 2 rings (SSSR count). The molecule has 1 aliphatic heterocycles. The monoisotopic (exact) mass is 279 g/mol. The van der Waals surface area contributed by atoms with E-state index in [1.54, 1.807) is 23.1 Å². The maximum absolute atomic E-state index is 12.4. The zero-order valence-corrected chi connectivity index (χ0v) is 12.2. The quantitative estimate of drug-likeness (QED) is 0.891. The summed E-state index contributed by atoms with van der Waals surface area (Å²) in [6, 6.07) is 5.21. The van der Waals surface area contributed by atoms with Crippen LogP contribution in [0.25, 0.3) is 0 Å². The summed E-state index contributed by atoms with van der Waals surface area (Å²) in [6.45, 7) is 2.77.